The zero-order valence-electron chi connectivity index (χ0n) is 12.9. The Morgan fingerprint density at radius 2 is 1.48 bits per heavy atom. The smallest absolute Gasteiger partial charge is 0.321 e. The Kier molecular flexibility index (Phi) is 5.80. The van der Waals surface area contributed by atoms with E-state index in [4.69, 9.17) is 13.4 Å². The van der Waals surface area contributed by atoms with E-state index >= 15 is 0 Å². The van der Waals surface area contributed by atoms with Gasteiger partial charge in [-0.25, -0.2) is 0 Å². The first-order valence-corrected chi connectivity index (χ1v) is 8.91. The van der Waals surface area contributed by atoms with Crippen LogP contribution in [-0.4, -0.2) is 10.3 Å². The van der Waals surface area contributed by atoms with Gasteiger partial charge in [-0.1, -0.05) is 66.1 Å². The highest BCUT2D eigenvalue weighted by Crippen LogP contribution is 2.23. The monoisotopic (exact) mass is 332 g/mol. The van der Waals surface area contributed by atoms with Crippen molar-refractivity contribution in [3.05, 3.63) is 54.6 Å². The molecule has 1 saturated carbocycles. The third-order valence-electron chi connectivity index (χ3n) is 3.91. The molecule has 1 unspecified atom stereocenters. The molecule has 0 amide bonds. The normalized spacial score (nSPS) is 16.9. The van der Waals surface area contributed by atoms with Crippen molar-refractivity contribution in [2.45, 2.75) is 38.2 Å². The summed E-state index contributed by atoms with van der Waals surface area (Å²) >= 11 is -1.88. The van der Waals surface area contributed by atoms with Crippen molar-refractivity contribution in [3.8, 4) is 16.9 Å². The van der Waals surface area contributed by atoms with Crippen molar-refractivity contribution in [2.24, 2.45) is 0 Å². The molecule has 122 valence electrons. The molecule has 23 heavy (non-hydrogen) atoms. The maximum Gasteiger partial charge on any atom is 0.343 e. The predicted octanol–water partition coefficient (Wildman–Crippen LogP) is 4.59. The minimum absolute atomic E-state index is 0.00800. The summed E-state index contributed by atoms with van der Waals surface area (Å²) in [5.41, 5.74) is 2.21. The lowest BCUT2D eigenvalue weighted by Gasteiger charge is -2.19. The van der Waals surface area contributed by atoms with E-state index in [0.717, 1.165) is 36.8 Å². The SMILES string of the molecule is O=S(OOc1ccc(-c2ccccc2)cc1)OC1CCCCC1. The molecule has 0 spiro atoms. The van der Waals surface area contributed by atoms with Crippen LogP contribution in [0.1, 0.15) is 32.1 Å². The fourth-order valence-corrected chi connectivity index (χ4v) is 3.27. The van der Waals surface area contributed by atoms with Gasteiger partial charge in [-0.3, -0.25) is 4.18 Å². The molecule has 0 heterocycles. The van der Waals surface area contributed by atoms with Crippen molar-refractivity contribution in [2.75, 3.05) is 0 Å². The van der Waals surface area contributed by atoms with Gasteiger partial charge in [-0.2, -0.15) is 4.21 Å². The molecule has 0 aliphatic heterocycles. The van der Waals surface area contributed by atoms with Gasteiger partial charge in [0.1, 0.15) is 0 Å². The Labute approximate surface area is 139 Å². The summed E-state index contributed by atoms with van der Waals surface area (Å²) in [6.45, 7) is 0. The van der Waals surface area contributed by atoms with E-state index in [1.54, 1.807) is 12.1 Å². The lowest BCUT2D eigenvalue weighted by Crippen LogP contribution is -2.19. The molecule has 1 fully saturated rings. The van der Waals surface area contributed by atoms with Gasteiger partial charge >= 0.3 is 11.4 Å². The van der Waals surface area contributed by atoms with E-state index in [1.807, 2.05) is 42.5 Å². The zero-order valence-corrected chi connectivity index (χ0v) is 13.7. The Morgan fingerprint density at radius 3 is 2.17 bits per heavy atom. The largest absolute Gasteiger partial charge is 0.343 e. The average molecular weight is 332 g/mol. The summed E-state index contributed by atoms with van der Waals surface area (Å²) in [6, 6.07) is 17.5. The molecular formula is C18H20O4S. The summed E-state index contributed by atoms with van der Waals surface area (Å²) in [5, 5.41) is 0. The molecule has 0 saturated heterocycles. The second-order valence-corrected chi connectivity index (χ2v) is 6.34. The molecule has 0 aromatic heterocycles. The van der Waals surface area contributed by atoms with Crippen molar-refractivity contribution in [3.63, 3.8) is 0 Å². The standard InChI is InChI=1S/C18H20O4S/c19-23(21-18-9-5-2-6-10-18)22-20-17-13-11-16(12-14-17)15-7-3-1-4-8-15/h1,3-4,7-8,11-14,18H,2,5-6,9-10H2. The molecule has 0 radical (unpaired) electrons. The average Bonchev–Trinajstić information content (AvgIpc) is 2.62. The van der Waals surface area contributed by atoms with Gasteiger partial charge in [-0.15, -0.1) is 0 Å². The quantitative estimate of drug-likeness (QED) is 0.573. The van der Waals surface area contributed by atoms with Gasteiger partial charge < -0.3 is 4.89 Å². The van der Waals surface area contributed by atoms with E-state index in [1.165, 1.54) is 6.42 Å². The summed E-state index contributed by atoms with van der Waals surface area (Å²) in [4.78, 5) is 5.08. The summed E-state index contributed by atoms with van der Waals surface area (Å²) in [6.07, 6.45) is 5.32. The van der Waals surface area contributed by atoms with E-state index < -0.39 is 11.4 Å². The fraction of sp³-hybridized carbons (Fsp3) is 0.333. The Balaban J connectivity index is 1.49. The van der Waals surface area contributed by atoms with E-state index in [2.05, 4.69) is 0 Å². The maximum atomic E-state index is 11.7. The third kappa shape index (κ3) is 4.89. The van der Waals surface area contributed by atoms with Gasteiger partial charge in [0.25, 0.3) is 0 Å². The Bertz CT molecular complexity index is 621. The minimum Gasteiger partial charge on any atom is -0.321 e. The first-order valence-electron chi connectivity index (χ1n) is 7.91. The second kappa shape index (κ2) is 8.24. The summed E-state index contributed by atoms with van der Waals surface area (Å²) < 4.78 is 21.9. The topological polar surface area (TPSA) is 44.8 Å². The molecule has 2 aromatic rings. The lowest BCUT2D eigenvalue weighted by atomic mass is 9.98. The van der Waals surface area contributed by atoms with Crippen molar-refractivity contribution >= 4 is 11.4 Å². The van der Waals surface area contributed by atoms with Gasteiger partial charge in [0.15, 0.2) is 5.75 Å². The predicted molar refractivity (Wildman–Crippen MR) is 89.7 cm³/mol. The Hall–Kier alpha value is -1.69. The molecule has 0 N–H and O–H groups in total. The van der Waals surface area contributed by atoms with E-state index in [0.29, 0.717) is 5.75 Å². The van der Waals surface area contributed by atoms with Gasteiger partial charge in [-0.05, 0) is 36.1 Å². The van der Waals surface area contributed by atoms with Crippen LogP contribution in [0.5, 0.6) is 5.75 Å². The fourth-order valence-electron chi connectivity index (χ4n) is 2.69. The first-order chi connectivity index (χ1) is 11.3. The van der Waals surface area contributed by atoms with Crippen LogP contribution >= 0.6 is 0 Å². The lowest BCUT2D eigenvalue weighted by molar-refractivity contribution is -0.101. The van der Waals surface area contributed by atoms with Gasteiger partial charge in [0.2, 0.25) is 0 Å². The van der Waals surface area contributed by atoms with Crippen molar-refractivity contribution < 1.29 is 17.6 Å². The molecule has 3 rings (SSSR count). The highest BCUT2D eigenvalue weighted by atomic mass is 32.2. The number of hydrogen-bond donors (Lipinski definition) is 0. The molecule has 4 nitrogen and oxygen atoms in total. The van der Waals surface area contributed by atoms with E-state index in [9.17, 15) is 4.21 Å². The van der Waals surface area contributed by atoms with Crippen LogP contribution in [0.25, 0.3) is 11.1 Å². The molecule has 1 atom stereocenters. The molecule has 5 heteroatoms. The molecule has 2 aromatic carbocycles. The highest BCUT2D eigenvalue weighted by molar-refractivity contribution is 7.75. The van der Waals surface area contributed by atoms with Crippen LogP contribution in [0.15, 0.2) is 54.6 Å². The van der Waals surface area contributed by atoms with Crippen LogP contribution in [0.2, 0.25) is 0 Å². The first kappa shape index (κ1) is 16.2. The van der Waals surface area contributed by atoms with Crippen LogP contribution in [0.3, 0.4) is 0 Å². The minimum atomic E-state index is -1.88. The van der Waals surface area contributed by atoms with Crippen LogP contribution < -0.4 is 4.89 Å². The molecular weight excluding hydrogens is 312 g/mol. The number of benzene rings is 2. The van der Waals surface area contributed by atoms with Crippen LogP contribution in [-0.2, 0) is 19.9 Å². The van der Waals surface area contributed by atoms with E-state index in [-0.39, 0.29) is 6.10 Å². The van der Waals surface area contributed by atoms with Crippen molar-refractivity contribution in [1.82, 2.24) is 0 Å². The van der Waals surface area contributed by atoms with Gasteiger partial charge in [0, 0.05) is 0 Å². The summed E-state index contributed by atoms with van der Waals surface area (Å²) in [5.74, 6) is 0.491. The number of hydrogen-bond acceptors (Lipinski definition) is 4. The van der Waals surface area contributed by atoms with Crippen LogP contribution in [0, 0.1) is 0 Å². The molecule has 0 bridgehead atoms. The third-order valence-corrected chi connectivity index (χ3v) is 4.52. The highest BCUT2D eigenvalue weighted by Gasteiger charge is 2.18. The second-order valence-electron chi connectivity index (χ2n) is 5.60. The van der Waals surface area contributed by atoms with Crippen molar-refractivity contribution in [1.29, 1.82) is 0 Å². The molecule has 1 aliphatic rings. The maximum absolute atomic E-state index is 11.7. The van der Waals surface area contributed by atoms with Crippen LogP contribution in [0.4, 0.5) is 0 Å². The van der Waals surface area contributed by atoms with Gasteiger partial charge in [0.05, 0.1) is 6.10 Å². The molecule has 1 aliphatic carbocycles. The summed E-state index contributed by atoms with van der Waals surface area (Å²) in [7, 11) is 0. The zero-order chi connectivity index (χ0) is 15.9. The Morgan fingerprint density at radius 1 is 0.826 bits per heavy atom. The number of rotatable bonds is 6.